The Morgan fingerprint density at radius 3 is 2.33 bits per heavy atom. The van der Waals surface area contributed by atoms with Crippen molar-refractivity contribution in [3.8, 4) is 11.5 Å². The van der Waals surface area contributed by atoms with Crippen molar-refractivity contribution in [1.82, 2.24) is 4.90 Å². The highest BCUT2D eigenvalue weighted by Gasteiger charge is 2.30. The first kappa shape index (κ1) is 22.4. The van der Waals surface area contributed by atoms with Crippen molar-refractivity contribution in [3.63, 3.8) is 0 Å². The number of aryl methyl sites for hydroxylation is 1. The summed E-state index contributed by atoms with van der Waals surface area (Å²) in [6.45, 7) is 4.88. The zero-order valence-corrected chi connectivity index (χ0v) is 17.1. The van der Waals surface area contributed by atoms with Crippen LogP contribution >= 0.6 is 0 Å². The van der Waals surface area contributed by atoms with E-state index >= 15 is 0 Å². The zero-order chi connectivity index (χ0) is 21.6. The number of halogens is 3. The molecule has 0 spiro atoms. The monoisotopic (exact) mass is 423 g/mol. The average Bonchev–Trinajstić information content (AvgIpc) is 2.72. The highest BCUT2D eigenvalue weighted by atomic mass is 19.4. The second kappa shape index (κ2) is 10.2. The number of aliphatic hydroxyl groups is 1. The molecule has 3 rings (SSSR count). The Hall–Kier alpha value is -2.25. The van der Waals surface area contributed by atoms with Gasteiger partial charge in [0, 0.05) is 19.0 Å². The summed E-state index contributed by atoms with van der Waals surface area (Å²) < 4.78 is 49.3. The predicted octanol–water partition coefficient (Wildman–Crippen LogP) is 4.54. The van der Waals surface area contributed by atoms with Crippen molar-refractivity contribution in [3.05, 3.63) is 59.7 Å². The minimum atomic E-state index is -4.34. The minimum Gasteiger partial charge on any atom is -0.493 e. The summed E-state index contributed by atoms with van der Waals surface area (Å²) in [5.74, 6) is 1.44. The molecule has 0 bridgehead atoms. The Morgan fingerprint density at radius 2 is 1.67 bits per heavy atom. The van der Waals surface area contributed by atoms with E-state index in [2.05, 4.69) is 4.90 Å². The third-order valence-electron chi connectivity index (χ3n) is 5.20. The zero-order valence-electron chi connectivity index (χ0n) is 17.1. The lowest BCUT2D eigenvalue weighted by Crippen LogP contribution is -2.43. The van der Waals surface area contributed by atoms with Crippen LogP contribution in [0.2, 0.25) is 0 Å². The number of hydrogen-bond donors (Lipinski definition) is 1. The standard InChI is InChI=1S/C23H28F3NO3/c1-17-4-8-21(9-5-17)30-16-20(28)14-27-12-2-3-18(13-27)15-29-22-10-6-19(7-11-22)23(24,25)26/h4-11,18,20,28H,2-3,12-16H2,1H3. The minimum absolute atomic E-state index is 0.228. The van der Waals surface area contributed by atoms with Crippen LogP contribution in [0.4, 0.5) is 13.2 Å². The topological polar surface area (TPSA) is 41.9 Å². The summed E-state index contributed by atoms with van der Waals surface area (Å²) in [4.78, 5) is 2.19. The van der Waals surface area contributed by atoms with E-state index in [0.717, 1.165) is 49.4 Å². The molecule has 0 amide bonds. The van der Waals surface area contributed by atoms with Crippen LogP contribution < -0.4 is 9.47 Å². The lowest BCUT2D eigenvalue weighted by molar-refractivity contribution is -0.137. The highest BCUT2D eigenvalue weighted by molar-refractivity contribution is 5.29. The maximum atomic E-state index is 12.6. The van der Waals surface area contributed by atoms with E-state index in [-0.39, 0.29) is 12.5 Å². The number of aliphatic hydroxyl groups excluding tert-OH is 1. The van der Waals surface area contributed by atoms with E-state index < -0.39 is 17.8 Å². The number of hydrogen-bond acceptors (Lipinski definition) is 4. The van der Waals surface area contributed by atoms with Crippen molar-refractivity contribution in [2.45, 2.75) is 32.0 Å². The Morgan fingerprint density at radius 1 is 1.03 bits per heavy atom. The molecule has 1 aliphatic heterocycles. The number of ether oxygens (including phenoxy) is 2. The van der Waals surface area contributed by atoms with Crippen molar-refractivity contribution in [2.24, 2.45) is 5.92 Å². The van der Waals surface area contributed by atoms with E-state index in [0.29, 0.717) is 18.9 Å². The van der Waals surface area contributed by atoms with Gasteiger partial charge in [-0.2, -0.15) is 13.2 Å². The van der Waals surface area contributed by atoms with E-state index in [9.17, 15) is 18.3 Å². The average molecular weight is 423 g/mol. The number of benzene rings is 2. The Kier molecular flexibility index (Phi) is 7.61. The van der Waals surface area contributed by atoms with Gasteiger partial charge in [-0.1, -0.05) is 17.7 Å². The molecule has 2 atom stereocenters. The fourth-order valence-corrected chi connectivity index (χ4v) is 3.59. The highest BCUT2D eigenvalue weighted by Crippen LogP contribution is 2.30. The van der Waals surface area contributed by atoms with Gasteiger partial charge in [-0.15, -0.1) is 0 Å². The van der Waals surface area contributed by atoms with Crippen LogP contribution in [0.25, 0.3) is 0 Å². The fourth-order valence-electron chi connectivity index (χ4n) is 3.59. The molecule has 1 N–H and O–H groups in total. The van der Waals surface area contributed by atoms with Gasteiger partial charge in [0.25, 0.3) is 0 Å². The molecule has 1 heterocycles. The molecular formula is C23H28F3NO3. The third kappa shape index (κ3) is 6.92. The van der Waals surface area contributed by atoms with Gasteiger partial charge in [0.15, 0.2) is 0 Å². The summed E-state index contributed by atoms with van der Waals surface area (Å²) in [5.41, 5.74) is 0.473. The lowest BCUT2D eigenvalue weighted by atomic mass is 9.98. The Bertz CT molecular complexity index is 778. The molecule has 2 unspecified atom stereocenters. The molecule has 1 fully saturated rings. The van der Waals surface area contributed by atoms with Gasteiger partial charge in [0.2, 0.25) is 0 Å². The molecule has 164 valence electrons. The van der Waals surface area contributed by atoms with Gasteiger partial charge < -0.3 is 19.5 Å². The summed E-state index contributed by atoms with van der Waals surface area (Å²) >= 11 is 0. The van der Waals surface area contributed by atoms with Gasteiger partial charge in [0.05, 0.1) is 12.2 Å². The lowest BCUT2D eigenvalue weighted by Gasteiger charge is -2.33. The molecule has 0 aliphatic carbocycles. The number of piperidine rings is 1. The van der Waals surface area contributed by atoms with Crippen LogP contribution in [0.1, 0.15) is 24.0 Å². The van der Waals surface area contributed by atoms with Crippen LogP contribution in [-0.4, -0.2) is 49.0 Å². The summed E-state index contributed by atoms with van der Waals surface area (Å²) in [5, 5.41) is 10.3. The second-order valence-corrected chi connectivity index (χ2v) is 7.88. The summed E-state index contributed by atoms with van der Waals surface area (Å²) in [6, 6.07) is 12.5. The fraction of sp³-hybridized carbons (Fsp3) is 0.478. The molecule has 0 aromatic heterocycles. The van der Waals surface area contributed by atoms with Gasteiger partial charge in [0.1, 0.15) is 24.2 Å². The molecular weight excluding hydrogens is 395 g/mol. The van der Waals surface area contributed by atoms with E-state index in [4.69, 9.17) is 9.47 Å². The van der Waals surface area contributed by atoms with Crippen LogP contribution in [0, 0.1) is 12.8 Å². The molecule has 1 saturated heterocycles. The van der Waals surface area contributed by atoms with E-state index in [1.165, 1.54) is 12.1 Å². The maximum absolute atomic E-state index is 12.6. The SMILES string of the molecule is Cc1ccc(OCC(O)CN2CCCC(COc3ccc(C(F)(F)F)cc3)C2)cc1. The quantitative estimate of drug-likeness (QED) is 0.677. The summed E-state index contributed by atoms with van der Waals surface area (Å²) in [6.07, 6.45) is -2.95. The molecule has 1 aliphatic rings. The number of nitrogens with zero attached hydrogens (tertiary/aromatic N) is 1. The molecule has 2 aromatic rings. The van der Waals surface area contributed by atoms with Gasteiger partial charge in [-0.3, -0.25) is 0 Å². The normalized spacial score (nSPS) is 18.8. The first-order valence-corrected chi connectivity index (χ1v) is 10.2. The molecule has 7 heteroatoms. The van der Waals surface area contributed by atoms with Crippen molar-refractivity contribution < 1.29 is 27.8 Å². The van der Waals surface area contributed by atoms with Gasteiger partial charge >= 0.3 is 6.18 Å². The molecule has 0 radical (unpaired) electrons. The first-order valence-electron chi connectivity index (χ1n) is 10.2. The molecule has 4 nitrogen and oxygen atoms in total. The number of β-amino-alcohol motifs (C(OH)–C–C–N with tert-alkyl or cyclic N) is 1. The molecule has 0 saturated carbocycles. The predicted molar refractivity (Wildman–Crippen MR) is 109 cm³/mol. The van der Waals surface area contributed by atoms with Gasteiger partial charge in [-0.05, 0) is 62.7 Å². The number of likely N-dealkylation sites (tertiary alicyclic amines) is 1. The second-order valence-electron chi connectivity index (χ2n) is 7.88. The van der Waals surface area contributed by atoms with Crippen LogP contribution in [0.3, 0.4) is 0 Å². The largest absolute Gasteiger partial charge is 0.493 e. The maximum Gasteiger partial charge on any atom is 0.416 e. The third-order valence-corrected chi connectivity index (χ3v) is 5.20. The van der Waals surface area contributed by atoms with Crippen molar-refractivity contribution in [2.75, 3.05) is 32.8 Å². The Labute approximate surface area is 175 Å². The molecule has 2 aromatic carbocycles. The van der Waals surface area contributed by atoms with Crippen LogP contribution in [0.5, 0.6) is 11.5 Å². The summed E-state index contributed by atoms with van der Waals surface area (Å²) in [7, 11) is 0. The number of alkyl halides is 3. The van der Waals surface area contributed by atoms with Crippen molar-refractivity contribution in [1.29, 1.82) is 0 Å². The smallest absolute Gasteiger partial charge is 0.416 e. The van der Waals surface area contributed by atoms with E-state index in [1.54, 1.807) is 0 Å². The Balaban J connectivity index is 1.40. The van der Waals surface area contributed by atoms with E-state index in [1.807, 2.05) is 31.2 Å². The van der Waals surface area contributed by atoms with Crippen LogP contribution in [0.15, 0.2) is 48.5 Å². The van der Waals surface area contributed by atoms with Crippen molar-refractivity contribution >= 4 is 0 Å². The first-order chi connectivity index (χ1) is 14.3. The van der Waals surface area contributed by atoms with Crippen LogP contribution in [-0.2, 0) is 6.18 Å². The van der Waals surface area contributed by atoms with Gasteiger partial charge in [-0.25, -0.2) is 0 Å². The number of rotatable bonds is 8. The molecule has 30 heavy (non-hydrogen) atoms.